The minimum absolute atomic E-state index is 0.106. The van der Waals surface area contributed by atoms with E-state index in [1.165, 1.54) is 19.2 Å². The molecule has 2 amide bonds. The third-order valence-corrected chi connectivity index (χ3v) is 6.29. The molecule has 3 aromatic rings. The number of sulfone groups is 1. The fourth-order valence-corrected chi connectivity index (χ4v) is 4.35. The van der Waals surface area contributed by atoms with Crippen LogP contribution in [0.3, 0.4) is 0 Å². The van der Waals surface area contributed by atoms with Gasteiger partial charge in [0.1, 0.15) is 10.7 Å². The third-order valence-electron chi connectivity index (χ3n) is 3.97. The summed E-state index contributed by atoms with van der Waals surface area (Å²) in [5, 5.41) is 5.17. The third kappa shape index (κ3) is 4.86. The zero-order valence-corrected chi connectivity index (χ0v) is 17.5. The van der Waals surface area contributed by atoms with Gasteiger partial charge >= 0.3 is 11.9 Å². The molecule has 0 aliphatic heterocycles. The van der Waals surface area contributed by atoms with Gasteiger partial charge in [-0.3, -0.25) is 10.1 Å². The van der Waals surface area contributed by atoms with Crippen molar-refractivity contribution in [3.8, 4) is 11.3 Å². The van der Waals surface area contributed by atoms with Crippen molar-refractivity contribution >= 4 is 43.3 Å². The van der Waals surface area contributed by atoms with Crippen LogP contribution in [-0.2, 0) is 14.6 Å². The van der Waals surface area contributed by atoms with Gasteiger partial charge in [0.05, 0.1) is 17.6 Å². The Bertz CT molecular complexity index is 1210. The minimum atomic E-state index is -5.00. The van der Waals surface area contributed by atoms with E-state index in [0.717, 1.165) is 23.5 Å². The molecule has 31 heavy (non-hydrogen) atoms. The normalized spacial score (nSPS) is 11.2. The monoisotopic (exact) mass is 467 g/mol. The van der Waals surface area contributed by atoms with E-state index in [-0.39, 0.29) is 10.1 Å². The molecule has 0 saturated heterocycles. The minimum Gasteiger partial charge on any atom is -0.453 e. The Morgan fingerprint density at radius 3 is 2.32 bits per heavy atom. The predicted molar refractivity (Wildman–Crippen MR) is 111 cm³/mol. The molecule has 1 aromatic heterocycles. The Hall–Kier alpha value is -3.38. The van der Waals surface area contributed by atoms with Gasteiger partial charge in [0, 0.05) is 5.56 Å². The van der Waals surface area contributed by atoms with Crippen LogP contribution in [0.25, 0.3) is 11.3 Å². The molecule has 0 fully saturated rings. The van der Waals surface area contributed by atoms with Crippen molar-refractivity contribution in [2.24, 2.45) is 0 Å². The fraction of sp³-hybridized carbons (Fsp3) is 0.105. The lowest BCUT2D eigenvalue weighted by Crippen LogP contribution is -2.19. The van der Waals surface area contributed by atoms with Gasteiger partial charge in [-0.1, -0.05) is 53.8 Å². The Morgan fingerprint density at radius 2 is 1.68 bits per heavy atom. The lowest BCUT2D eigenvalue weighted by molar-refractivity contribution is 0.102. The zero-order valence-electron chi connectivity index (χ0n) is 15.8. The maximum atomic E-state index is 13.0. The number of anilines is 2. The van der Waals surface area contributed by atoms with Crippen LogP contribution in [0, 0.1) is 0 Å². The van der Waals surface area contributed by atoms with Crippen LogP contribution in [0.15, 0.2) is 59.5 Å². The molecule has 0 spiro atoms. The molecule has 2 N–H and O–H groups in total. The van der Waals surface area contributed by atoms with Crippen LogP contribution in [0.1, 0.15) is 10.4 Å². The van der Waals surface area contributed by atoms with E-state index in [1.807, 2.05) is 0 Å². The number of thiazole rings is 1. The van der Waals surface area contributed by atoms with Gasteiger partial charge in [-0.2, -0.15) is 8.78 Å². The second-order valence-corrected chi connectivity index (χ2v) is 8.82. The Labute approximate surface area is 179 Å². The van der Waals surface area contributed by atoms with Crippen molar-refractivity contribution in [3.05, 3.63) is 60.2 Å². The van der Waals surface area contributed by atoms with Crippen molar-refractivity contribution in [3.63, 3.8) is 0 Å². The number of halogens is 2. The number of carbonyl (C=O) groups is 2. The highest BCUT2D eigenvalue weighted by atomic mass is 32.2. The average Bonchev–Trinajstić information content (AvgIpc) is 3.15. The molecular formula is C19H15F2N3O5S2. The van der Waals surface area contributed by atoms with Crippen LogP contribution >= 0.6 is 11.3 Å². The highest BCUT2D eigenvalue weighted by Gasteiger charge is 2.31. The first-order chi connectivity index (χ1) is 14.7. The van der Waals surface area contributed by atoms with Crippen molar-refractivity contribution < 1.29 is 31.5 Å². The average molecular weight is 467 g/mol. The SMILES string of the molecule is COC(=O)Nc1nc(-c2ccccc2)c(NC(=O)c2ccccc2S(=O)(=O)C(F)F)s1. The molecule has 0 saturated carbocycles. The molecular weight excluding hydrogens is 452 g/mol. The highest BCUT2D eigenvalue weighted by Crippen LogP contribution is 2.36. The van der Waals surface area contributed by atoms with Gasteiger partial charge in [-0.15, -0.1) is 0 Å². The van der Waals surface area contributed by atoms with Crippen molar-refractivity contribution in [1.82, 2.24) is 4.98 Å². The smallest absolute Gasteiger partial charge is 0.413 e. The number of hydrogen-bond donors (Lipinski definition) is 2. The molecule has 0 radical (unpaired) electrons. The number of nitrogens with zero attached hydrogens (tertiary/aromatic N) is 1. The molecule has 1 heterocycles. The van der Waals surface area contributed by atoms with E-state index >= 15 is 0 Å². The molecule has 162 valence electrons. The Morgan fingerprint density at radius 1 is 1.03 bits per heavy atom. The Balaban J connectivity index is 2.01. The van der Waals surface area contributed by atoms with Crippen LogP contribution in [0.5, 0.6) is 0 Å². The van der Waals surface area contributed by atoms with Crippen LogP contribution in [0.4, 0.5) is 23.7 Å². The van der Waals surface area contributed by atoms with Crippen LogP contribution in [0.2, 0.25) is 0 Å². The highest BCUT2D eigenvalue weighted by molar-refractivity contribution is 7.91. The van der Waals surface area contributed by atoms with E-state index in [4.69, 9.17) is 0 Å². The number of benzene rings is 2. The van der Waals surface area contributed by atoms with E-state index in [1.54, 1.807) is 30.3 Å². The molecule has 8 nitrogen and oxygen atoms in total. The largest absolute Gasteiger partial charge is 0.453 e. The first-order valence-electron chi connectivity index (χ1n) is 8.57. The lowest BCUT2D eigenvalue weighted by Gasteiger charge is -2.10. The van der Waals surface area contributed by atoms with E-state index in [2.05, 4.69) is 20.4 Å². The maximum Gasteiger partial charge on any atom is 0.413 e. The molecule has 0 aliphatic carbocycles. The summed E-state index contributed by atoms with van der Waals surface area (Å²) in [5.74, 6) is -4.61. The van der Waals surface area contributed by atoms with Gasteiger partial charge in [0.25, 0.3) is 5.91 Å². The number of nitrogens with one attached hydrogen (secondary N) is 2. The summed E-state index contributed by atoms with van der Waals surface area (Å²) in [4.78, 5) is 27.8. The van der Waals surface area contributed by atoms with Crippen LogP contribution in [-0.4, -0.2) is 38.3 Å². The number of ether oxygens (including phenoxy) is 1. The molecule has 0 unspecified atom stereocenters. The van der Waals surface area contributed by atoms with Crippen molar-refractivity contribution in [1.29, 1.82) is 0 Å². The van der Waals surface area contributed by atoms with Crippen LogP contribution < -0.4 is 10.6 Å². The number of rotatable bonds is 6. The topological polar surface area (TPSA) is 114 Å². The molecule has 0 bridgehead atoms. The second-order valence-electron chi connectivity index (χ2n) is 5.94. The van der Waals surface area contributed by atoms with E-state index in [9.17, 15) is 26.8 Å². The first-order valence-corrected chi connectivity index (χ1v) is 10.9. The summed E-state index contributed by atoms with van der Waals surface area (Å²) < 4.78 is 54.5. The summed E-state index contributed by atoms with van der Waals surface area (Å²) in [5.41, 5.74) is 0.442. The van der Waals surface area contributed by atoms with Crippen molar-refractivity contribution in [2.75, 3.05) is 17.7 Å². The number of carbonyl (C=O) groups excluding carboxylic acids is 2. The summed E-state index contributed by atoms with van der Waals surface area (Å²) in [6.45, 7) is 0. The number of aromatic nitrogens is 1. The number of hydrogen-bond acceptors (Lipinski definition) is 7. The molecule has 2 aromatic carbocycles. The van der Waals surface area contributed by atoms with Gasteiger partial charge < -0.3 is 10.1 Å². The van der Waals surface area contributed by atoms with Gasteiger partial charge in [-0.25, -0.2) is 18.2 Å². The summed E-state index contributed by atoms with van der Waals surface area (Å²) in [6, 6.07) is 13.3. The lowest BCUT2D eigenvalue weighted by atomic mass is 10.1. The number of amides is 2. The first kappa shape index (κ1) is 22.3. The van der Waals surface area contributed by atoms with Crippen molar-refractivity contribution in [2.45, 2.75) is 10.7 Å². The fourth-order valence-electron chi connectivity index (χ4n) is 2.56. The van der Waals surface area contributed by atoms with Gasteiger partial charge in [-0.05, 0) is 12.1 Å². The van der Waals surface area contributed by atoms with E-state index in [0.29, 0.717) is 11.3 Å². The predicted octanol–water partition coefficient (Wildman–Crippen LogP) is 4.24. The zero-order chi connectivity index (χ0) is 22.6. The number of methoxy groups -OCH3 is 1. The second kappa shape index (κ2) is 9.18. The summed E-state index contributed by atoms with van der Waals surface area (Å²) in [6.07, 6.45) is -0.778. The molecule has 12 heteroatoms. The summed E-state index contributed by atoms with van der Waals surface area (Å²) in [7, 11) is -3.83. The van der Waals surface area contributed by atoms with Gasteiger partial charge in [0.15, 0.2) is 5.13 Å². The standard InChI is InChI=1S/C19H15F2N3O5S2/c1-29-19(26)24-18-22-14(11-7-3-2-4-8-11)16(30-18)23-15(25)12-9-5-6-10-13(12)31(27,28)17(20)21/h2-10,17H,1H3,(H,23,25)(H,22,24,26). The molecule has 3 rings (SSSR count). The molecule has 0 atom stereocenters. The Kier molecular flexibility index (Phi) is 6.61. The maximum absolute atomic E-state index is 13.0. The van der Waals surface area contributed by atoms with Gasteiger partial charge in [0.2, 0.25) is 9.84 Å². The summed E-state index contributed by atoms with van der Waals surface area (Å²) >= 11 is 0.888. The molecule has 0 aliphatic rings. The number of alkyl halides is 2. The quantitative estimate of drug-likeness (QED) is 0.561. The van der Waals surface area contributed by atoms with E-state index < -0.39 is 38.1 Å².